The molecule has 122 valence electrons. The van der Waals surface area contributed by atoms with E-state index >= 15 is 0 Å². The lowest BCUT2D eigenvalue weighted by Crippen LogP contribution is -2.16. The van der Waals surface area contributed by atoms with E-state index in [4.69, 9.17) is 4.98 Å². The SMILES string of the molecule is Cc1cccc2nc3c(c(C)nn3C)c(NCCCN(C)C)c12. The predicted molar refractivity (Wildman–Crippen MR) is 97.1 cm³/mol. The number of benzene rings is 1. The van der Waals surface area contributed by atoms with Crippen LogP contribution in [0.15, 0.2) is 18.2 Å². The van der Waals surface area contributed by atoms with E-state index in [1.165, 1.54) is 16.6 Å². The molecule has 0 aliphatic rings. The summed E-state index contributed by atoms with van der Waals surface area (Å²) in [7, 11) is 6.17. The first-order valence-electron chi connectivity index (χ1n) is 8.10. The standard InChI is InChI=1S/C18H25N5/c1-12-8-6-9-14-15(12)17(19-10-7-11-22(3)4)16-13(2)21-23(5)18(16)20-14/h6,8-9H,7,10-11H2,1-5H3,(H,19,20). The highest BCUT2D eigenvalue weighted by Crippen LogP contribution is 2.34. The molecule has 5 nitrogen and oxygen atoms in total. The first kappa shape index (κ1) is 15.7. The average molecular weight is 311 g/mol. The minimum absolute atomic E-state index is 0.940. The highest BCUT2D eigenvalue weighted by molar-refractivity contribution is 6.08. The van der Waals surface area contributed by atoms with Crippen LogP contribution in [0, 0.1) is 13.8 Å². The maximum Gasteiger partial charge on any atom is 0.160 e. The fraction of sp³-hybridized carbons (Fsp3) is 0.444. The second-order valence-electron chi connectivity index (χ2n) is 6.45. The molecule has 0 aliphatic heterocycles. The molecule has 0 atom stereocenters. The molecule has 5 heteroatoms. The number of fused-ring (bicyclic) bond motifs is 2. The Morgan fingerprint density at radius 2 is 1.96 bits per heavy atom. The molecule has 1 aromatic carbocycles. The van der Waals surface area contributed by atoms with Gasteiger partial charge in [-0.15, -0.1) is 0 Å². The molecule has 3 aromatic rings. The van der Waals surface area contributed by atoms with E-state index in [-0.39, 0.29) is 0 Å². The molecule has 0 spiro atoms. The lowest BCUT2D eigenvalue weighted by Gasteiger charge is -2.15. The van der Waals surface area contributed by atoms with E-state index in [0.29, 0.717) is 0 Å². The predicted octanol–water partition coefficient (Wildman–Crippen LogP) is 3.10. The highest BCUT2D eigenvalue weighted by atomic mass is 15.3. The molecule has 2 heterocycles. The van der Waals surface area contributed by atoms with Crippen molar-refractivity contribution in [1.29, 1.82) is 0 Å². The molecular formula is C18H25N5. The molecule has 23 heavy (non-hydrogen) atoms. The summed E-state index contributed by atoms with van der Waals surface area (Å²) in [6.07, 6.45) is 1.10. The van der Waals surface area contributed by atoms with E-state index in [9.17, 15) is 0 Å². The zero-order valence-electron chi connectivity index (χ0n) is 14.6. The summed E-state index contributed by atoms with van der Waals surface area (Å²) in [4.78, 5) is 7.04. The van der Waals surface area contributed by atoms with Gasteiger partial charge < -0.3 is 10.2 Å². The van der Waals surface area contributed by atoms with Crippen molar-refractivity contribution >= 4 is 27.6 Å². The summed E-state index contributed by atoms with van der Waals surface area (Å²) in [5.74, 6) is 0. The molecular weight excluding hydrogens is 286 g/mol. The van der Waals surface area contributed by atoms with Gasteiger partial charge in [-0.1, -0.05) is 12.1 Å². The Kier molecular flexibility index (Phi) is 4.22. The van der Waals surface area contributed by atoms with Gasteiger partial charge in [-0.2, -0.15) is 5.10 Å². The highest BCUT2D eigenvalue weighted by Gasteiger charge is 2.16. The van der Waals surface area contributed by atoms with Crippen LogP contribution in [0.5, 0.6) is 0 Å². The summed E-state index contributed by atoms with van der Waals surface area (Å²) < 4.78 is 1.87. The average Bonchev–Trinajstić information content (AvgIpc) is 2.77. The van der Waals surface area contributed by atoms with Crippen LogP contribution in [0.3, 0.4) is 0 Å². The smallest absolute Gasteiger partial charge is 0.160 e. The lowest BCUT2D eigenvalue weighted by molar-refractivity contribution is 0.405. The van der Waals surface area contributed by atoms with Gasteiger partial charge in [0.1, 0.15) is 0 Å². The summed E-state index contributed by atoms with van der Waals surface area (Å²) >= 11 is 0. The minimum Gasteiger partial charge on any atom is -0.384 e. The minimum atomic E-state index is 0.940. The second kappa shape index (κ2) is 6.16. The third-order valence-corrected chi connectivity index (χ3v) is 4.25. The number of anilines is 1. The van der Waals surface area contributed by atoms with Crippen molar-refractivity contribution in [3.63, 3.8) is 0 Å². The molecule has 1 N–H and O–H groups in total. The summed E-state index contributed by atoms with van der Waals surface area (Å²) in [6, 6.07) is 6.29. The zero-order valence-corrected chi connectivity index (χ0v) is 14.6. The molecule has 2 aromatic heterocycles. The number of nitrogens with one attached hydrogen (secondary N) is 1. The number of pyridine rings is 1. The van der Waals surface area contributed by atoms with Gasteiger partial charge >= 0.3 is 0 Å². The largest absolute Gasteiger partial charge is 0.384 e. The Hall–Kier alpha value is -2.14. The maximum absolute atomic E-state index is 4.83. The van der Waals surface area contributed by atoms with Gasteiger partial charge in [0.25, 0.3) is 0 Å². The topological polar surface area (TPSA) is 46.0 Å². The molecule has 3 rings (SSSR count). The van der Waals surface area contributed by atoms with E-state index in [2.05, 4.69) is 61.5 Å². The summed E-state index contributed by atoms with van der Waals surface area (Å²) in [5.41, 5.74) is 5.41. The maximum atomic E-state index is 4.83. The summed E-state index contributed by atoms with van der Waals surface area (Å²) in [6.45, 7) is 6.21. The molecule has 0 radical (unpaired) electrons. The van der Waals surface area contributed by atoms with Crippen LogP contribution >= 0.6 is 0 Å². The number of nitrogens with zero attached hydrogens (tertiary/aromatic N) is 4. The first-order valence-corrected chi connectivity index (χ1v) is 8.10. The van der Waals surface area contributed by atoms with E-state index in [1.807, 2.05) is 11.7 Å². The number of aromatic nitrogens is 3. The van der Waals surface area contributed by atoms with Crippen molar-refractivity contribution in [1.82, 2.24) is 19.7 Å². The quantitative estimate of drug-likeness (QED) is 0.736. The van der Waals surface area contributed by atoms with E-state index in [1.54, 1.807) is 0 Å². The second-order valence-corrected chi connectivity index (χ2v) is 6.45. The van der Waals surface area contributed by atoms with Crippen molar-refractivity contribution in [2.45, 2.75) is 20.3 Å². The summed E-state index contributed by atoms with van der Waals surface area (Å²) in [5, 5.41) is 10.6. The molecule has 0 aliphatic carbocycles. The first-order chi connectivity index (χ1) is 11.0. The molecule has 0 amide bonds. The van der Waals surface area contributed by atoms with Crippen LogP contribution in [0.1, 0.15) is 17.7 Å². The van der Waals surface area contributed by atoms with Crippen LogP contribution in [0.25, 0.3) is 21.9 Å². The zero-order chi connectivity index (χ0) is 16.6. The van der Waals surface area contributed by atoms with Gasteiger partial charge in [-0.3, -0.25) is 4.68 Å². The van der Waals surface area contributed by atoms with E-state index < -0.39 is 0 Å². The Morgan fingerprint density at radius 3 is 2.70 bits per heavy atom. The van der Waals surface area contributed by atoms with Crippen LogP contribution < -0.4 is 5.32 Å². The molecule has 0 fully saturated rings. The van der Waals surface area contributed by atoms with Crippen LogP contribution in [0.2, 0.25) is 0 Å². The monoisotopic (exact) mass is 311 g/mol. The van der Waals surface area contributed by atoms with Gasteiger partial charge in [0.15, 0.2) is 5.65 Å². The molecule has 0 unspecified atom stereocenters. The number of hydrogen-bond donors (Lipinski definition) is 1. The van der Waals surface area contributed by atoms with Gasteiger partial charge in [-0.25, -0.2) is 4.98 Å². The van der Waals surface area contributed by atoms with Gasteiger partial charge in [0.2, 0.25) is 0 Å². The normalized spacial score (nSPS) is 11.7. The molecule has 0 saturated carbocycles. The van der Waals surface area contributed by atoms with Gasteiger partial charge in [0, 0.05) is 19.0 Å². The van der Waals surface area contributed by atoms with Gasteiger partial charge in [-0.05, 0) is 52.5 Å². The van der Waals surface area contributed by atoms with Gasteiger partial charge in [0.05, 0.1) is 22.3 Å². The lowest BCUT2D eigenvalue weighted by atomic mass is 10.0. The Balaban J connectivity index is 2.13. The molecule has 0 bridgehead atoms. The number of rotatable bonds is 5. The van der Waals surface area contributed by atoms with Crippen molar-refractivity contribution < 1.29 is 0 Å². The van der Waals surface area contributed by atoms with Crippen molar-refractivity contribution in [3.05, 3.63) is 29.5 Å². The third-order valence-electron chi connectivity index (χ3n) is 4.25. The Bertz CT molecular complexity index is 848. The van der Waals surface area contributed by atoms with Crippen LogP contribution in [0.4, 0.5) is 5.69 Å². The fourth-order valence-electron chi connectivity index (χ4n) is 3.16. The van der Waals surface area contributed by atoms with Crippen LogP contribution in [-0.4, -0.2) is 46.8 Å². The van der Waals surface area contributed by atoms with Crippen molar-refractivity contribution in [3.8, 4) is 0 Å². The van der Waals surface area contributed by atoms with E-state index in [0.717, 1.165) is 41.8 Å². The molecule has 0 saturated heterocycles. The van der Waals surface area contributed by atoms with Crippen molar-refractivity contribution in [2.75, 3.05) is 32.5 Å². The van der Waals surface area contributed by atoms with Crippen molar-refractivity contribution in [2.24, 2.45) is 7.05 Å². The number of aryl methyl sites for hydroxylation is 3. The third kappa shape index (κ3) is 2.88. The number of hydrogen-bond acceptors (Lipinski definition) is 4. The Morgan fingerprint density at radius 1 is 1.17 bits per heavy atom. The fourth-order valence-corrected chi connectivity index (χ4v) is 3.16. The van der Waals surface area contributed by atoms with Crippen LogP contribution in [-0.2, 0) is 7.05 Å². The Labute approximate surface area is 137 Å².